The van der Waals surface area contributed by atoms with Crippen molar-refractivity contribution >= 4 is 17.1 Å². The van der Waals surface area contributed by atoms with Crippen molar-refractivity contribution in [2.24, 2.45) is 7.05 Å². The van der Waals surface area contributed by atoms with Crippen LogP contribution in [0.15, 0.2) is 53.6 Å². The number of carbonyl (C=O) groups is 1. The highest BCUT2D eigenvalue weighted by Crippen LogP contribution is 2.26. The Bertz CT molecular complexity index is 1360. The number of carboxylic acids is 1. The van der Waals surface area contributed by atoms with E-state index in [9.17, 15) is 14.7 Å². The Labute approximate surface area is 184 Å². The normalized spacial score (nSPS) is 16.8. The number of aromatic carboxylic acids is 1. The predicted octanol–water partition coefficient (Wildman–Crippen LogP) is 2.37. The third-order valence-electron chi connectivity index (χ3n) is 6.21. The fourth-order valence-electron chi connectivity index (χ4n) is 4.48. The summed E-state index contributed by atoms with van der Waals surface area (Å²) in [5.41, 5.74) is 3.49. The van der Waals surface area contributed by atoms with Crippen molar-refractivity contribution in [3.63, 3.8) is 0 Å². The molecule has 1 N–H and O–H groups in total. The molecular formula is C23H24N6O3. The number of rotatable bonds is 5. The highest BCUT2D eigenvalue weighted by atomic mass is 16.4. The van der Waals surface area contributed by atoms with Gasteiger partial charge in [0, 0.05) is 26.3 Å². The van der Waals surface area contributed by atoms with Crippen LogP contribution in [0.3, 0.4) is 0 Å². The minimum absolute atomic E-state index is 0.0224. The van der Waals surface area contributed by atoms with Crippen LogP contribution in [0.5, 0.6) is 0 Å². The quantitative estimate of drug-likeness (QED) is 0.520. The SMILES string of the molecule is Cc1ccc(-n2c(=O)n([C@H]3CCN(Cc4ncc(C(=O)O)n4C)C3)c3ncccc32)cc1. The molecule has 4 aromatic rings. The summed E-state index contributed by atoms with van der Waals surface area (Å²) in [6, 6.07) is 11.7. The molecule has 4 heterocycles. The van der Waals surface area contributed by atoms with Crippen molar-refractivity contribution in [1.29, 1.82) is 0 Å². The Kier molecular flexibility index (Phi) is 4.90. The van der Waals surface area contributed by atoms with E-state index in [2.05, 4.69) is 14.9 Å². The van der Waals surface area contributed by atoms with Gasteiger partial charge in [0.2, 0.25) is 0 Å². The lowest BCUT2D eigenvalue weighted by atomic mass is 10.2. The monoisotopic (exact) mass is 432 g/mol. The summed E-state index contributed by atoms with van der Waals surface area (Å²) < 4.78 is 5.13. The fourth-order valence-corrected chi connectivity index (χ4v) is 4.48. The van der Waals surface area contributed by atoms with Gasteiger partial charge >= 0.3 is 11.7 Å². The van der Waals surface area contributed by atoms with E-state index in [0.29, 0.717) is 24.6 Å². The lowest BCUT2D eigenvalue weighted by molar-refractivity contribution is 0.0686. The minimum atomic E-state index is -0.993. The van der Waals surface area contributed by atoms with Crippen molar-refractivity contribution in [2.45, 2.75) is 25.9 Å². The number of fused-ring (bicyclic) bond motifs is 1. The summed E-state index contributed by atoms with van der Waals surface area (Å²) in [6.07, 6.45) is 3.90. The van der Waals surface area contributed by atoms with E-state index in [1.54, 1.807) is 26.9 Å². The maximum Gasteiger partial charge on any atom is 0.354 e. The first-order chi connectivity index (χ1) is 15.4. The number of carboxylic acid groups (broad SMARTS) is 1. The molecule has 1 aliphatic heterocycles. The zero-order chi connectivity index (χ0) is 22.4. The van der Waals surface area contributed by atoms with Crippen LogP contribution in [0.25, 0.3) is 16.9 Å². The maximum absolute atomic E-state index is 13.5. The molecule has 5 rings (SSSR count). The van der Waals surface area contributed by atoms with Gasteiger partial charge in [-0.2, -0.15) is 0 Å². The van der Waals surface area contributed by atoms with E-state index in [0.717, 1.165) is 29.7 Å². The number of aryl methyl sites for hydroxylation is 1. The molecular weight excluding hydrogens is 408 g/mol. The molecule has 1 aliphatic rings. The van der Waals surface area contributed by atoms with Crippen LogP contribution in [-0.4, -0.2) is 52.7 Å². The van der Waals surface area contributed by atoms with Gasteiger partial charge in [-0.3, -0.25) is 14.0 Å². The second kappa shape index (κ2) is 7.76. The lowest BCUT2D eigenvalue weighted by Crippen LogP contribution is -2.29. The maximum atomic E-state index is 13.5. The van der Waals surface area contributed by atoms with Gasteiger partial charge in [-0.25, -0.2) is 19.6 Å². The Morgan fingerprint density at radius 2 is 1.97 bits per heavy atom. The van der Waals surface area contributed by atoms with Crippen LogP contribution >= 0.6 is 0 Å². The van der Waals surface area contributed by atoms with Gasteiger partial charge in [-0.05, 0) is 37.6 Å². The smallest absolute Gasteiger partial charge is 0.354 e. The first-order valence-corrected chi connectivity index (χ1v) is 10.6. The molecule has 0 aliphatic carbocycles. The molecule has 0 bridgehead atoms. The van der Waals surface area contributed by atoms with Crippen molar-refractivity contribution in [3.05, 3.63) is 76.4 Å². The van der Waals surface area contributed by atoms with Gasteiger partial charge in [0.25, 0.3) is 0 Å². The Morgan fingerprint density at radius 3 is 2.69 bits per heavy atom. The third-order valence-corrected chi connectivity index (χ3v) is 6.21. The molecule has 3 aromatic heterocycles. The predicted molar refractivity (Wildman–Crippen MR) is 119 cm³/mol. The van der Waals surface area contributed by atoms with Crippen LogP contribution < -0.4 is 5.69 Å². The average Bonchev–Trinajstić information content (AvgIpc) is 3.45. The van der Waals surface area contributed by atoms with Crippen molar-refractivity contribution in [2.75, 3.05) is 13.1 Å². The minimum Gasteiger partial charge on any atom is -0.477 e. The number of hydrogen-bond acceptors (Lipinski definition) is 5. The highest BCUT2D eigenvalue weighted by Gasteiger charge is 2.29. The topological polar surface area (TPSA) is 98.2 Å². The molecule has 9 heteroatoms. The standard InChI is InChI=1S/C23H24N6O3/c1-15-5-7-16(8-6-15)28-18-4-3-10-24-21(18)29(23(28)32)17-9-11-27(13-17)14-20-25-12-19(22(30)31)26(20)2/h3-8,10,12,17H,9,11,13-14H2,1-2H3,(H,30,31)/t17-/m0/s1. The second-order valence-electron chi connectivity index (χ2n) is 8.27. The Hall–Kier alpha value is -3.72. The molecule has 0 amide bonds. The van der Waals surface area contributed by atoms with Gasteiger partial charge in [-0.1, -0.05) is 17.7 Å². The lowest BCUT2D eigenvalue weighted by Gasteiger charge is -2.16. The van der Waals surface area contributed by atoms with Gasteiger partial charge < -0.3 is 9.67 Å². The molecule has 1 fully saturated rings. The fraction of sp³-hybridized carbons (Fsp3) is 0.304. The average molecular weight is 432 g/mol. The molecule has 164 valence electrons. The first kappa shape index (κ1) is 20.2. The zero-order valence-electron chi connectivity index (χ0n) is 18.0. The number of likely N-dealkylation sites (tertiary alicyclic amines) is 1. The third kappa shape index (κ3) is 3.31. The van der Waals surface area contributed by atoms with Gasteiger partial charge in [0.1, 0.15) is 11.5 Å². The summed E-state index contributed by atoms with van der Waals surface area (Å²) in [6.45, 7) is 4.00. The van der Waals surface area contributed by atoms with Gasteiger partial charge in [0.15, 0.2) is 5.65 Å². The highest BCUT2D eigenvalue weighted by molar-refractivity contribution is 5.85. The second-order valence-corrected chi connectivity index (χ2v) is 8.27. The summed E-state index contributed by atoms with van der Waals surface area (Å²) >= 11 is 0. The Balaban J connectivity index is 1.47. The number of pyridine rings is 1. The number of benzene rings is 1. The summed E-state index contributed by atoms with van der Waals surface area (Å²) in [7, 11) is 1.71. The molecule has 0 unspecified atom stereocenters. The number of hydrogen-bond donors (Lipinski definition) is 1. The van der Waals surface area contributed by atoms with Crippen LogP contribution in [0.1, 0.15) is 34.3 Å². The molecule has 1 atom stereocenters. The summed E-state index contributed by atoms with van der Waals surface area (Å²) in [5, 5.41) is 9.25. The van der Waals surface area contributed by atoms with Crippen molar-refractivity contribution < 1.29 is 9.90 Å². The summed E-state index contributed by atoms with van der Waals surface area (Å²) in [5.74, 6) is -0.303. The van der Waals surface area contributed by atoms with E-state index < -0.39 is 5.97 Å². The van der Waals surface area contributed by atoms with E-state index in [1.807, 2.05) is 43.3 Å². The molecule has 1 aromatic carbocycles. The zero-order valence-corrected chi connectivity index (χ0v) is 18.0. The van der Waals surface area contributed by atoms with E-state index >= 15 is 0 Å². The van der Waals surface area contributed by atoms with Crippen LogP contribution in [-0.2, 0) is 13.6 Å². The van der Waals surface area contributed by atoms with Crippen LogP contribution in [0, 0.1) is 6.92 Å². The Morgan fingerprint density at radius 1 is 1.19 bits per heavy atom. The van der Waals surface area contributed by atoms with Crippen LogP contribution in [0.4, 0.5) is 0 Å². The largest absolute Gasteiger partial charge is 0.477 e. The van der Waals surface area contributed by atoms with Gasteiger partial charge in [-0.15, -0.1) is 0 Å². The molecule has 0 saturated carbocycles. The molecule has 9 nitrogen and oxygen atoms in total. The molecule has 1 saturated heterocycles. The summed E-state index contributed by atoms with van der Waals surface area (Å²) in [4.78, 5) is 35.8. The van der Waals surface area contributed by atoms with Crippen LogP contribution in [0.2, 0.25) is 0 Å². The number of aromatic nitrogens is 5. The number of nitrogens with zero attached hydrogens (tertiary/aromatic N) is 6. The van der Waals surface area contributed by atoms with E-state index in [-0.39, 0.29) is 17.4 Å². The van der Waals surface area contributed by atoms with Crippen molar-refractivity contribution in [1.82, 2.24) is 28.6 Å². The number of imidazole rings is 2. The van der Waals surface area contributed by atoms with E-state index in [4.69, 9.17) is 0 Å². The molecule has 32 heavy (non-hydrogen) atoms. The van der Waals surface area contributed by atoms with E-state index in [1.165, 1.54) is 6.20 Å². The van der Waals surface area contributed by atoms with Gasteiger partial charge in [0.05, 0.1) is 30.0 Å². The first-order valence-electron chi connectivity index (χ1n) is 10.6. The van der Waals surface area contributed by atoms with Crippen molar-refractivity contribution in [3.8, 4) is 5.69 Å². The molecule has 0 radical (unpaired) electrons. The molecule has 0 spiro atoms.